The fourth-order valence-corrected chi connectivity index (χ4v) is 1.32. The second-order valence-corrected chi connectivity index (χ2v) is 3.89. The van der Waals surface area contributed by atoms with Crippen LogP contribution >= 0.6 is 0 Å². The first-order valence-electron chi connectivity index (χ1n) is 3.84. The maximum absolute atomic E-state index is 10.3. The van der Waals surface area contributed by atoms with Gasteiger partial charge < -0.3 is 20.1 Å². The number of hydrogen-bond donors (Lipinski definition) is 4. The third kappa shape index (κ3) is 5.16. The normalized spacial score (nSPS) is 20.3. The second kappa shape index (κ2) is 5.49. The van der Waals surface area contributed by atoms with Gasteiger partial charge in [-0.15, -0.1) is 0 Å². The average Bonchev–Trinajstić information content (AvgIpc) is 2.10. The number of rotatable bonds is 6. The maximum Gasteiger partial charge on any atom is 0.397 e. The van der Waals surface area contributed by atoms with Gasteiger partial charge >= 0.3 is 10.4 Å². The average molecular weight is 244 g/mol. The molecule has 15 heavy (non-hydrogen) atoms. The van der Waals surface area contributed by atoms with Crippen LogP contribution in [0.5, 0.6) is 0 Å². The number of hydrogen-bond acceptors (Lipinski definition) is 7. The van der Waals surface area contributed by atoms with Crippen molar-refractivity contribution < 1.29 is 37.3 Å². The van der Waals surface area contributed by atoms with E-state index in [4.69, 9.17) is 14.8 Å². The smallest absolute Gasteiger partial charge is 0.391 e. The molecule has 0 aromatic heterocycles. The minimum Gasteiger partial charge on any atom is -0.391 e. The van der Waals surface area contributed by atoms with E-state index in [-0.39, 0.29) is 6.29 Å². The van der Waals surface area contributed by atoms with E-state index in [1.165, 1.54) is 0 Å². The Labute approximate surface area is 86.1 Å². The summed E-state index contributed by atoms with van der Waals surface area (Å²) < 4.78 is 32.7. The van der Waals surface area contributed by atoms with Gasteiger partial charge in [0.25, 0.3) is 0 Å². The molecule has 0 amide bonds. The molecule has 0 saturated carbocycles. The summed E-state index contributed by atoms with van der Waals surface area (Å²) >= 11 is 0. The highest BCUT2D eigenvalue weighted by atomic mass is 32.3. The van der Waals surface area contributed by atoms with Gasteiger partial charge in [-0.2, -0.15) is 8.42 Å². The van der Waals surface area contributed by atoms with Crippen LogP contribution in [0.15, 0.2) is 0 Å². The van der Waals surface area contributed by atoms with Crippen LogP contribution in [0, 0.1) is 0 Å². The summed E-state index contributed by atoms with van der Waals surface area (Å²) in [5.41, 5.74) is 0. The molecule has 4 N–H and O–H groups in total. The third-order valence-corrected chi connectivity index (χ3v) is 2.01. The highest BCUT2D eigenvalue weighted by molar-refractivity contribution is 7.80. The SMILES string of the molecule is C[C@@H](O)[C@@H](O)[C@H](OS(=O)(=O)O)[C@H](O)C=O. The summed E-state index contributed by atoms with van der Waals surface area (Å²) in [6.45, 7) is 1.09. The Balaban J connectivity index is 4.81. The van der Waals surface area contributed by atoms with Gasteiger partial charge in [0.05, 0.1) is 6.10 Å². The zero-order valence-electron chi connectivity index (χ0n) is 7.72. The summed E-state index contributed by atoms with van der Waals surface area (Å²) in [6, 6.07) is 0. The van der Waals surface area contributed by atoms with Gasteiger partial charge in [0.2, 0.25) is 0 Å². The zero-order valence-corrected chi connectivity index (χ0v) is 8.53. The molecule has 0 aromatic carbocycles. The van der Waals surface area contributed by atoms with Crippen LogP contribution in [0.2, 0.25) is 0 Å². The van der Waals surface area contributed by atoms with Crippen LogP contribution in [0.25, 0.3) is 0 Å². The summed E-state index contributed by atoms with van der Waals surface area (Å²) in [7, 11) is -4.95. The molecule has 0 heterocycles. The molecule has 0 aliphatic carbocycles. The summed E-state index contributed by atoms with van der Waals surface area (Å²) in [6.07, 6.45) is -7.34. The molecule has 0 fully saturated rings. The number of carbonyl (C=O) groups is 1. The maximum atomic E-state index is 10.3. The lowest BCUT2D eigenvalue weighted by Crippen LogP contribution is -2.46. The predicted octanol–water partition coefficient (Wildman–Crippen LogP) is -2.52. The van der Waals surface area contributed by atoms with Crippen molar-refractivity contribution in [2.24, 2.45) is 0 Å². The molecule has 0 saturated heterocycles. The van der Waals surface area contributed by atoms with Gasteiger partial charge in [-0.05, 0) is 6.92 Å². The van der Waals surface area contributed by atoms with E-state index >= 15 is 0 Å². The summed E-state index contributed by atoms with van der Waals surface area (Å²) in [4.78, 5) is 10.2. The van der Waals surface area contributed by atoms with Crippen LogP contribution in [0.1, 0.15) is 6.92 Å². The Morgan fingerprint density at radius 3 is 2.00 bits per heavy atom. The highest BCUT2D eigenvalue weighted by Crippen LogP contribution is 2.10. The Morgan fingerprint density at radius 1 is 1.27 bits per heavy atom. The van der Waals surface area contributed by atoms with Gasteiger partial charge in [0.15, 0.2) is 6.29 Å². The predicted molar refractivity (Wildman–Crippen MR) is 46.2 cm³/mol. The lowest BCUT2D eigenvalue weighted by atomic mass is 10.1. The van der Waals surface area contributed by atoms with Crippen molar-refractivity contribution in [3.63, 3.8) is 0 Å². The molecule has 0 bridgehead atoms. The van der Waals surface area contributed by atoms with Crippen molar-refractivity contribution >= 4 is 16.7 Å². The summed E-state index contributed by atoms with van der Waals surface area (Å²) in [5.74, 6) is 0. The van der Waals surface area contributed by atoms with Crippen LogP contribution in [-0.4, -0.2) is 59.0 Å². The van der Waals surface area contributed by atoms with Gasteiger partial charge in [0.1, 0.15) is 18.3 Å². The largest absolute Gasteiger partial charge is 0.397 e. The molecule has 90 valence electrons. The first-order chi connectivity index (χ1) is 6.69. The Bertz CT molecular complexity index is 296. The first kappa shape index (κ1) is 14.4. The molecule has 0 rings (SSSR count). The zero-order chi connectivity index (χ0) is 12.2. The van der Waals surface area contributed by atoms with Crippen molar-refractivity contribution in [1.82, 2.24) is 0 Å². The minimum absolute atomic E-state index is 0.0958. The van der Waals surface area contributed by atoms with Crippen molar-refractivity contribution in [2.45, 2.75) is 31.3 Å². The molecule has 0 aliphatic rings. The Hall–Kier alpha value is -0.580. The molecular weight excluding hydrogens is 232 g/mol. The second-order valence-electron chi connectivity index (χ2n) is 2.85. The van der Waals surface area contributed by atoms with E-state index < -0.39 is 34.8 Å². The Morgan fingerprint density at radius 2 is 1.73 bits per heavy atom. The highest BCUT2D eigenvalue weighted by Gasteiger charge is 2.34. The quantitative estimate of drug-likeness (QED) is 0.296. The lowest BCUT2D eigenvalue weighted by molar-refractivity contribution is -0.128. The van der Waals surface area contributed by atoms with Crippen molar-refractivity contribution in [3.05, 3.63) is 0 Å². The lowest BCUT2D eigenvalue weighted by Gasteiger charge is -2.24. The van der Waals surface area contributed by atoms with Crippen LogP contribution in [0.4, 0.5) is 0 Å². The molecule has 0 aliphatic heterocycles. The van der Waals surface area contributed by atoms with Gasteiger partial charge in [-0.3, -0.25) is 4.55 Å². The van der Waals surface area contributed by atoms with Crippen molar-refractivity contribution in [1.29, 1.82) is 0 Å². The number of aliphatic hydroxyl groups is 3. The molecule has 9 heteroatoms. The van der Waals surface area contributed by atoms with Gasteiger partial charge in [-0.1, -0.05) is 0 Å². The van der Waals surface area contributed by atoms with Crippen molar-refractivity contribution in [3.8, 4) is 0 Å². The molecule has 8 nitrogen and oxygen atoms in total. The third-order valence-electron chi connectivity index (χ3n) is 1.54. The van der Waals surface area contributed by atoms with E-state index in [0.29, 0.717) is 0 Å². The fraction of sp³-hybridized carbons (Fsp3) is 0.833. The molecular formula is C6H12O8S. The van der Waals surface area contributed by atoms with Crippen LogP contribution < -0.4 is 0 Å². The van der Waals surface area contributed by atoms with Gasteiger partial charge in [-0.25, -0.2) is 4.18 Å². The topological polar surface area (TPSA) is 141 Å². The van der Waals surface area contributed by atoms with E-state index in [0.717, 1.165) is 6.92 Å². The fourth-order valence-electron chi connectivity index (χ4n) is 0.808. The Kier molecular flexibility index (Phi) is 5.28. The van der Waals surface area contributed by atoms with Crippen LogP contribution in [0.3, 0.4) is 0 Å². The standard InChI is InChI=1S/C6H12O8S/c1-3(8)5(10)6(4(9)2-7)14-15(11,12)13/h2-6,8-10H,1H3,(H,11,12,13)/t3-,4-,5-,6-/m1/s1. The van der Waals surface area contributed by atoms with Gasteiger partial charge in [0, 0.05) is 0 Å². The molecule has 4 atom stereocenters. The monoisotopic (exact) mass is 244 g/mol. The molecule has 0 radical (unpaired) electrons. The number of carbonyl (C=O) groups excluding carboxylic acids is 1. The molecule has 0 aromatic rings. The van der Waals surface area contributed by atoms with Crippen LogP contribution in [-0.2, 0) is 19.4 Å². The molecule has 0 spiro atoms. The first-order valence-corrected chi connectivity index (χ1v) is 5.20. The van der Waals surface area contributed by atoms with E-state index in [1.54, 1.807) is 0 Å². The van der Waals surface area contributed by atoms with E-state index in [2.05, 4.69) is 4.18 Å². The van der Waals surface area contributed by atoms with E-state index in [9.17, 15) is 18.3 Å². The minimum atomic E-state index is -4.95. The van der Waals surface area contributed by atoms with E-state index in [1.807, 2.05) is 0 Å². The number of aldehydes is 1. The summed E-state index contributed by atoms with van der Waals surface area (Å²) in [5, 5.41) is 27.0. The number of aliphatic hydroxyl groups excluding tert-OH is 3. The van der Waals surface area contributed by atoms with Crippen molar-refractivity contribution in [2.75, 3.05) is 0 Å². The molecule has 0 unspecified atom stereocenters.